The first-order valence-electron chi connectivity index (χ1n) is 11.2. The van der Waals surface area contributed by atoms with Crippen molar-refractivity contribution in [2.24, 2.45) is 7.05 Å². The van der Waals surface area contributed by atoms with Crippen LogP contribution in [0.15, 0.2) is 47.4 Å². The predicted octanol–water partition coefficient (Wildman–Crippen LogP) is 1.66. The van der Waals surface area contributed by atoms with Crippen molar-refractivity contribution < 1.29 is 9.59 Å². The molecule has 1 atom stereocenters. The van der Waals surface area contributed by atoms with Crippen LogP contribution in [0.2, 0.25) is 0 Å². The number of aromatic nitrogens is 4. The summed E-state index contributed by atoms with van der Waals surface area (Å²) in [5, 5.41) is 13.9. The molecule has 1 saturated heterocycles. The molecule has 0 aliphatic carbocycles. The summed E-state index contributed by atoms with van der Waals surface area (Å²) < 4.78 is 3.16. The van der Waals surface area contributed by atoms with Gasteiger partial charge < -0.3 is 20.5 Å². The van der Waals surface area contributed by atoms with Gasteiger partial charge in [-0.15, -0.1) is 0 Å². The van der Waals surface area contributed by atoms with Gasteiger partial charge in [0.25, 0.3) is 11.5 Å². The molecule has 3 aromatic rings. The first kappa shape index (κ1) is 23.7. The van der Waals surface area contributed by atoms with Crippen molar-refractivity contribution in [3.63, 3.8) is 0 Å². The fourth-order valence-corrected chi connectivity index (χ4v) is 4.12. The summed E-state index contributed by atoms with van der Waals surface area (Å²) in [6.07, 6.45) is 5.43. The zero-order valence-electron chi connectivity index (χ0n) is 19.8. The number of nitrogens with one attached hydrogen (secondary N) is 4. The number of nitrogens with zero attached hydrogens (tertiary/aromatic N) is 4. The molecular formula is C24H28N8O3. The highest BCUT2D eigenvalue weighted by Gasteiger charge is 2.28. The molecule has 182 valence electrons. The second kappa shape index (κ2) is 9.84. The molecule has 35 heavy (non-hydrogen) atoms. The topological polar surface area (TPSA) is 141 Å². The molecule has 4 N–H and O–H groups in total. The maximum absolute atomic E-state index is 13.1. The fourth-order valence-electron chi connectivity index (χ4n) is 4.12. The molecule has 0 saturated carbocycles. The van der Waals surface area contributed by atoms with Gasteiger partial charge in [-0.1, -0.05) is 18.2 Å². The first-order valence-corrected chi connectivity index (χ1v) is 11.2. The number of anilines is 1. The second-order valence-electron chi connectivity index (χ2n) is 8.42. The summed E-state index contributed by atoms with van der Waals surface area (Å²) in [5.74, 6) is 0.660. The third-order valence-electron chi connectivity index (χ3n) is 5.95. The highest BCUT2D eigenvalue weighted by atomic mass is 16.2. The summed E-state index contributed by atoms with van der Waals surface area (Å²) >= 11 is 0. The van der Waals surface area contributed by atoms with E-state index in [9.17, 15) is 14.4 Å². The van der Waals surface area contributed by atoms with E-state index < -0.39 is 5.91 Å². The van der Waals surface area contributed by atoms with Gasteiger partial charge in [0, 0.05) is 33.1 Å². The molecule has 11 heteroatoms. The lowest BCUT2D eigenvalue weighted by Gasteiger charge is -2.17. The molecule has 4 rings (SSSR count). The number of hydrogen-bond acceptors (Lipinski definition) is 5. The standard InChI is InChI=1S/C24H28N8O3/c1-15-22(24(35)32(30(15)3)18-7-5-4-6-8-18)23(34)28-17-11-12-31(14-17)19(25)9-10-20-26-13-21(29-20)27-16(2)33/h4-10,13,17,25H,11-12,14H2,1-3H3,(H,26,29)(H,27,33)(H,28,34)/b10-9-,25-19?. The van der Waals surface area contributed by atoms with Crippen LogP contribution in [0.4, 0.5) is 5.82 Å². The van der Waals surface area contributed by atoms with Crippen LogP contribution in [-0.2, 0) is 11.8 Å². The van der Waals surface area contributed by atoms with E-state index in [2.05, 4.69) is 20.6 Å². The van der Waals surface area contributed by atoms with Crippen molar-refractivity contribution in [2.75, 3.05) is 18.4 Å². The minimum Gasteiger partial charge on any atom is -0.355 e. The second-order valence-corrected chi connectivity index (χ2v) is 8.42. The van der Waals surface area contributed by atoms with E-state index in [4.69, 9.17) is 5.41 Å². The van der Waals surface area contributed by atoms with E-state index in [1.165, 1.54) is 17.8 Å². The SMILES string of the molecule is CC(=O)Nc1cnc(/C=C\C(=N)N2CCC(NC(=O)c3c(C)n(C)n(-c4ccccc4)c3=O)C2)[nH]1. The van der Waals surface area contributed by atoms with Gasteiger partial charge in [0.1, 0.15) is 23.0 Å². The minimum absolute atomic E-state index is 0.123. The molecule has 1 unspecified atom stereocenters. The van der Waals surface area contributed by atoms with Gasteiger partial charge in [-0.3, -0.25) is 24.5 Å². The number of carbonyl (C=O) groups is 2. The Bertz CT molecular complexity index is 1350. The lowest BCUT2D eigenvalue weighted by molar-refractivity contribution is -0.114. The number of imidazole rings is 1. The highest BCUT2D eigenvalue weighted by Crippen LogP contribution is 2.14. The minimum atomic E-state index is -0.409. The van der Waals surface area contributed by atoms with Crippen molar-refractivity contribution in [3.8, 4) is 5.69 Å². The van der Waals surface area contributed by atoms with Crippen LogP contribution in [0.3, 0.4) is 0 Å². The van der Waals surface area contributed by atoms with Gasteiger partial charge in [-0.05, 0) is 37.6 Å². The van der Waals surface area contributed by atoms with Crippen molar-refractivity contribution >= 4 is 29.5 Å². The van der Waals surface area contributed by atoms with Crippen LogP contribution in [0, 0.1) is 12.3 Å². The maximum Gasteiger partial charge on any atom is 0.284 e. The number of carbonyl (C=O) groups excluding carboxylic acids is 2. The summed E-state index contributed by atoms with van der Waals surface area (Å²) in [5.41, 5.74) is 1.03. The third-order valence-corrected chi connectivity index (χ3v) is 5.95. The number of para-hydroxylation sites is 1. The predicted molar refractivity (Wildman–Crippen MR) is 133 cm³/mol. The smallest absolute Gasteiger partial charge is 0.284 e. The van der Waals surface area contributed by atoms with E-state index in [-0.39, 0.29) is 28.9 Å². The first-order chi connectivity index (χ1) is 16.7. The Hall–Kier alpha value is -4.41. The quantitative estimate of drug-likeness (QED) is 0.316. The molecule has 3 heterocycles. The number of hydrogen-bond donors (Lipinski definition) is 4. The monoisotopic (exact) mass is 476 g/mol. The van der Waals surface area contributed by atoms with Crippen LogP contribution < -0.4 is 16.2 Å². The number of amidine groups is 1. The Morgan fingerprint density at radius 1 is 1.26 bits per heavy atom. The molecule has 0 bridgehead atoms. The van der Waals surface area contributed by atoms with Gasteiger partial charge in [0.15, 0.2) is 0 Å². The molecule has 2 amide bonds. The van der Waals surface area contributed by atoms with E-state index in [0.29, 0.717) is 42.5 Å². The lowest BCUT2D eigenvalue weighted by atomic mass is 10.2. The zero-order valence-corrected chi connectivity index (χ0v) is 19.8. The average molecular weight is 477 g/mol. The number of rotatable bonds is 6. The van der Waals surface area contributed by atoms with E-state index in [1.54, 1.807) is 30.8 Å². The Labute approximate surface area is 202 Å². The number of benzene rings is 1. The van der Waals surface area contributed by atoms with Crippen LogP contribution in [-0.4, -0.2) is 61.0 Å². The van der Waals surface area contributed by atoms with Gasteiger partial charge in [-0.2, -0.15) is 0 Å². The Morgan fingerprint density at radius 3 is 2.71 bits per heavy atom. The molecular weight excluding hydrogens is 448 g/mol. The number of likely N-dealkylation sites (tertiary alicyclic amines) is 1. The number of amides is 2. The molecule has 1 fully saturated rings. The Morgan fingerprint density at radius 2 is 2.00 bits per heavy atom. The summed E-state index contributed by atoms with van der Waals surface area (Å²) in [4.78, 5) is 46.2. The van der Waals surface area contributed by atoms with E-state index in [0.717, 1.165) is 0 Å². The van der Waals surface area contributed by atoms with Crippen LogP contribution in [0.1, 0.15) is 35.2 Å². The van der Waals surface area contributed by atoms with E-state index in [1.807, 2.05) is 35.2 Å². The summed E-state index contributed by atoms with van der Waals surface area (Å²) in [7, 11) is 1.75. The summed E-state index contributed by atoms with van der Waals surface area (Å²) in [6, 6.07) is 9.01. The van der Waals surface area contributed by atoms with Gasteiger partial charge >= 0.3 is 0 Å². The van der Waals surface area contributed by atoms with Gasteiger partial charge in [0.05, 0.1) is 17.6 Å². The molecule has 1 aromatic carbocycles. The largest absolute Gasteiger partial charge is 0.355 e. The highest BCUT2D eigenvalue weighted by molar-refractivity contribution is 5.96. The van der Waals surface area contributed by atoms with Gasteiger partial charge in [0.2, 0.25) is 5.91 Å². The Balaban J connectivity index is 1.39. The summed E-state index contributed by atoms with van der Waals surface area (Å²) in [6.45, 7) is 4.23. The molecule has 1 aliphatic rings. The Kier molecular flexibility index (Phi) is 6.67. The third kappa shape index (κ3) is 5.08. The molecule has 11 nitrogen and oxygen atoms in total. The van der Waals surface area contributed by atoms with Crippen molar-refractivity contribution in [2.45, 2.75) is 26.3 Å². The lowest BCUT2D eigenvalue weighted by Crippen LogP contribution is -2.40. The van der Waals surface area contributed by atoms with Crippen molar-refractivity contribution in [3.05, 3.63) is 70.0 Å². The van der Waals surface area contributed by atoms with Crippen molar-refractivity contribution in [1.82, 2.24) is 29.5 Å². The van der Waals surface area contributed by atoms with E-state index >= 15 is 0 Å². The van der Waals surface area contributed by atoms with Crippen LogP contribution >= 0.6 is 0 Å². The van der Waals surface area contributed by atoms with Crippen LogP contribution in [0.25, 0.3) is 11.8 Å². The molecule has 2 aromatic heterocycles. The maximum atomic E-state index is 13.1. The van der Waals surface area contributed by atoms with Gasteiger partial charge in [-0.25, -0.2) is 9.67 Å². The average Bonchev–Trinajstić information content (AvgIpc) is 3.52. The number of aromatic amines is 1. The number of H-pyrrole nitrogens is 1. The fraction of sp³-hybridized carbons (Fsp3) is 0.292. The normalized spacial score (nSPS) is 15.5. The van der Waals surface area contributed by atoms with Crippen LogP contribution in [0.5, 0.6) is 0 Å². The molecule has 0 spiro atoms. The van der Waals surface area contributed by atoms with Crippen molar-refractivity contribution in [1.29, 1.82) is 5.41 Å². The zero-order chi connectivity index (χ0) is 25.1. The molecule has 1 aliphatic heterocycles. The molecule has 0 radical (unpaired) electrons.